The van der Waals surface area contributed by atoms with Crippen LogP contribution in [0.4, 0.5) is 10.2 Å². The smallest absolute Gasteiger partial charge is 0.126 e. The van der Waals surface area contributed by atoms with E-state index < -0.39 is 12.8 Å². The highest BCUT2D eigenvalue weighted by Gasteiger charge is 2.09. The van der Waals surface area contributed by atoms with E-state index in [2.05, 4.69) is 15.3 Å². The summed E-state index contributed by atoms with van der Waals surface area (Å²) in [6, 6.07) is 9.32. The van der Waals surface area contributed by atoms with Gasteiger partial charge in [-0.25, -0.2) is 14.4 Å². The third kappa shape index (κ3) is 3.57. The lowest BCUT2D eigenvalue weighted by Gasteiger charge is -2.08. The molecule has 1 atom stereocenters. The molecular formula is C16H16FN3O2S. The molecular weight excluding hydrogens is 317 g/mol. The van der Waals surface area contributed by atoms with Crippen LogP contribution in [-0.2, 0) is 0 Å². The minimum atomic E-state index is -1.10. The largest absolute Gasteiger partial charge is 0.491 e. The number of aliphatic hydroxyl groups excluding tert-OH is 1. The van der Waals surface area contributed by atoms with Crippen LogP contribution >= 0.6 is 11.3 Å². The van der Waals surface area contributed by atoms with Gasteiger partial charge in [0.25, 0.3) is 0 Å². The van der Waals surface area contributed by atoms with Gasteiger partial charge >= 0.3 is 0 Å². The Balaban J connectivity index is 1.83. The van der Waals surface area contributed by atoms with E-state index in [0.29, 0.717) is 5.75 Å². The predicted molar refractivity (Wildman–Crippen MR) is 89.9 cm³/mol. The molecule has 1 aromatic carbocycles. The lowest BCUT2D eigenvalue weighted by molar-refractivity contribution is 0.0842. The van der Waals surface area contributed by atoms with Crippen molar-refractivity contribution in [1.82, 2.24) is 9.97 Å². The number of pyridine rings is 1. The van der Waals surface area contributed by atoms with Gasteiger partial charge in [-0.15, -0.1) is 11.3 Å². The maximum absolute atomic E-state index is 12.2. The standard InChI is InChI=1S/C16H16FN3O2S/c1-18-15-5-2-10(8-19-15)16-20-13-4-3-12(6-14(13)23-16)22-9-11(21)7-17/h2-6,8,11,21H,7,9H2,1H3,(H,18,19)/t11-/m1/s1/i17+0. The number of nitrogens with zero attached hydrogens (tertiary/aromatic N) is 2. The average Bonchev–Trinajstić information content (AvgIpc) is 3.03. The molecule has 0 unspecified atom stereocenters. The molecule has 0 aliphatic rings. The van der Waals surface area contributed by atoms with Crippen molar-refractivity contribution in [2.24, 2.45) is 0 Å². The van der Waals surface area contributed by atoms with Crippen LogP contribution in [0.1, 0.15) is 0 Å². The number of fused-ring (bicyclic) bond motifs is 1. The van der Waals surface area contributed by atoms with Crippen molar-refractivity contribution in [1.29, 1.82) is 0 Å². The van der Waals surface area contributed by atoms with Crippen molar-refractivity contribution in [3.63, 3.8) is 0 Å². The monoisotopic (exact) mass is 333 g/mol. The number of aliphatic hydroxyl groups is 1. The third-order valence-corrected chi connectivity index (χ3v) is 4.31. The number of alkyl halides is 1. The van der Waals surface area contributed by atoms with Crippen molar-refractivity contribution in [3.8, 4) is 16.3 Å². The fraction of sp³-hybridized carbons (Fsp3) is 0.250. The van der Waals surface area contributed by atoms with Crippen LogP contribution in [0.5, 0.6) is 5.75 Å². The van der Waals surface area contributed by atoms with Crippen molar-refractivity contribution in [2.75, 3.05) is 25.6 Å². The van der Waals surface area contributed by atoms with E-state index in [4.69, 9.17) is 4.74 Å². The molecule has 0 radical (unpaired) electrons. The van der Waals surface area contributed by atoms with Gasteiger partial charge in [-0.2, -0.15) is 0 Å². The molecule has 0 aliphatic carbocycles. The molecule has 0 fully saturated rings. The molecule has 0 amide bonds. The number of anilines is 1. The Kier molecular flexibility index (Phi) is 4.68. The molecule has 3 aromatic rings. The minimum Gasteiger partial charge on any atom is -0.491 e. The molecule has 3 rings (SSSR count). The van der Waals surface area contributed by atoms with Gasteiger partial charge in [0, 0.05) is 18.8 Å². The number of nitrogens with one attached hydrogen (secondary N) is 1. The summed E-state index contributed by atoms with van der Waals surface area (Å²) in [6.45, 7) is -0.883. The third-order valence-electron chi connectivity index (χ3n) is 3.25. The maximum Gasteiger partial charge on any atom is 0.126 e. The maximum atomic E-state index is 12.2. The predicted octanol–water partition coefficient (Wildman–Crippen LogP) is 3.11. The van der Waals surface area contributed by atoms with Crippen LogP contribution in [0.2, 0.25) is 0 Å². The van der Waals surface area contributed by atoms with Gasteiger partial charge in [0.05, 0.1) is 10.2 Å². The number of benzene rings is 1. The average molecular weight is 333 g/mol. The second kappa shape index (κ2) is 6.89. The Morgan fingerprint density at radius 2 is 2.22 bits per heavy atom. The molecule has 7 heteroatoms. The fourth-order valence-corrected chi connectivity index (χ4v) is 3.01. The van der Waals surface area contributed by atoms with Crippen LogP contribution in [0.25, 0.3) is 20.8 Å². The van der Waals surface area contributed by atoms with Crippen LogP contribution in [0, 0.1) is 0 Å². The summed E-state index contributed by atoms with van der Waals surface area (Å²) in [5, 5.41) is 13.1. The Labute approximate surface area is 136 Å². The molecule has 5 nitrogen and oxygen atoms in total. The molecule has 120 valence electrons. The van der Waals surface area contributed by atoms with Crippen molar-refractivity contribution >= 4 is 27.4 Å². The molecule has 2 heterocycles. The molecule has 0 bridgehead atoms. The normalized spacial score (nSPS) is 12.3. The van der Waals surface area contributed by atoms with Crippen molar-refractivity contribution in [3.05, 3.63) is 36.5 Å². The highest BCUT2D eigenvalue weighted by Crippen LogP contribution is 2.32. The van der Waals surface area contributed by atoms with Gasteiger partial charge in [-0.1, -0.05) is 0 Å². The van der Waals surface area contributed by atoms with Gasteiger partial charge in [0.2, 0.25) is 0 Å². The molecule has 2 N–H and O–H groups in total. The van der Waals surface area contributed by atoms with Crippen LogP contribution in [0.3, 0.4) is 0 Å². The highest BCUT2D eigenvalue weighted by atomic mass is 32.1. The Bertz CT molecular complexity index is 792. The van der Waals surface area contributed by atoms with E-state index in [1.165, 1.54) is 11.3 Å². The SMILES string of the molecule is CNc1ccc(-c2nc3ccc(OC[C@H](O)C[19F])cc3s2)cn1. The van der Waals surface area contributed by atoms with E-state index in [0.717, 1.165) is 26.6 Å². The molecule has 0 spiro atoms. The van der Waals surface area contributed by atoms with E-state index in [9.17, 15) is 9.50 Å². The molecule has 0 aliphatic heterocycles. The van der Waals surface area contributed by atoms with Crippen molar-refractivity contribution in [2.45, 2.75) is 6.10 Å². The first-order chi connectivity index (χ1) is 11.2. The topological polar surface area (TPSA) is 67.3 Å². The van der Waals surface area contributed by atoms with E-state index in [1.54, 1.807) is 12.3 Å². The van der Waals surface area contributed by atoms with Gasteiger partial charge in [0.15, 0.2) is 0 Å². The van der Waals surface area contributed by atoms with Crippen LogP contribution in [0.15, 0.2) is 36.5 Å². The van der Waals surface area contributed by atoms with Gasteiger partial charge < -0.3 is 15.2 Å². The summed E-state index contributed by atoms with van der Waals surface area (Å²) in [4.78, 5) is 8.87. The first-order valence-corrected chi connectivity index (χ1v) is 7.93. The van der Waals surface area contributed by atoms with Gasteiger partial charge in [-0.05, 0) is 30.3 Å². The first kappa shape index (κ1) is 15.6. The van der Waals surface area contributed by atoms with Gasteiger partial charge in [-0.3, -0.25) is 0 Å². The number of rotatable bonds is 6. The quantitative estimate of drug-likeness (QED) is 0.725. The Hall–Kier alpha value is -2.25. The zero-order valence-electron chi connectivity index (χ0n) is 12.5. The Morgan fingerprint density at radius 1 is 1.35 bits per heavy atom. The summed E-state index contributed by atoms with van der Waals surface area (Å²) in [6.07, 6.45) is 0.679. The summed E-state index contributed by atoms with van der Waals surface area (Å²) < 4.78 is 18.6. The number of hydrogen-bond acceptors (Lipinski definition) is 6. The van der Waals surface area contributed by atoms with E-state index >= 15 is 0 Å². The molecule has 0 saturated carbocycles. The lowest BCUT2D eigenvalue weighted by atomic mass is 10.3. The Morgan fingerprint density at radius 3 is 2.91 bits per heavy atom. The number of ether oxygens (including phenoxy) is 1. The van der Waals surface area contributed by atoms with E-state index in [1.807, 2.05) is 31.3 Å². The zero-order valence-corrected chi connectivity index (χ0v) is 13.3. The molecule has 0 saturated heterocycles. The summed E-state index contributed by atoms with van der Waals surface area (Å²) >= 11 is 1.53. The van der Waals surface area contributed by atoms with Crippen LogP contribution < -0.4 is 10.1 Å². The second-order valence-electron chi connectivity index (χ2n) is 4.95. The lowest BCUT2D eigenvalue weighted by Crippen LogP contribution is -2.19. The fourth-order valence-electron chi connectivity index (χ4n) is 2.02. The first-order valence-electron chi connectivity index (χ1n) is 7.11. The highest BCUT2D eigenvalue weighted by molar-refractivity contribution is 7.21. The molecule has 2 aromatic heterocycles. The summed E-state index contributed by atoms with van der Waals surface area (Å²) in [7, 11) is 1.82. The summed E-state index contributed by atoms with van der Waals surface area (Å²) in [5.41, 5.74) is 1.81. The number of thiazole rings is 1. The second-order valence-corrected chi connectivity index (χ2v) is 5.98. The number of halogens is 1. The van der Waals surface area contributed by atoms with Gasteiger partial charge in [0.1, 0.15) is 36.0 Å². The number of hydrogen-bond donors (Lipinski definition) is 2. The molecule has 23 heavy (non-hydrogen) atoms. The number of aromatic nitrogens is 2. The van der Waals surface area contributed by atoms with Crippen LogP contribution in [-0.4, -0.2) is 41.5 Å². The zero-order chi connectivity index (χ0) is 16.2. The van der Waals surface area contributed by atoms with Crippen molar-refractivity contribution < 1.29 is 14.2 Å². The van der Waals surface area contributed by atoms with E-state index in [-0.39, 0.29) is 6.61 Å². The summed E-state index contributed by atoms with van der Waals surface area (Å²) in [5.74, 6) is 1.39. The minimum absolute atomic E-state index is 0.0664.